The molecule has 2 amide bonds. The van der Waals surface area contributed by atoms with Crippen molar-refractivity contribution in [1.29, 1.82) is 0 Å². The van der Waals surface area contributed by atoms with Crippen molar-refractivity contribution in [2.45, 2.75) is 24.9 Å². The highest BCUT2D eigenvalue weighted by Gasteiger charge is 2.30. The summed E-state index contributed by atoms with van der Waals surface area (Å²) in [6.07, 6.45) is 0.853. The zero-order chi connectivity index (χ0) is 13.5. The quantitative estimate of drug-likeness (QED) is 0.632. The molecule has 7 heteroatoms. The minimum Gasteiger partial charge on any atom is -0.383 e. The number of carbonyl (C=O) groups is 2. The number of hydrogen-bond donors (Lipinski definition) is 2. The molecule has 0 spiro atoms. The van der Waals surface area contributed by atoms with E-state index in [4.69, 9.17) is 16.2 Å². The molecule has 2 atom stereocenters. The van der Waals surface area contributed by atoms with Gasteiger partial charge in [0.1, 0.15) is 0 Å². The van der Waals surface area contributed by atoms with E-state index in [2.05, 4.69) is 0 Å². The van der Waals surface area contributed by atoms with Gasteiger partial charge in [-0.2, -0.15) is 11.8 Å². The average Bonchev–Trinajstić information content (AvgIpc) is 2.82. The molecule has 1 heterocycles. The molecule has 18 heavy (non-hydrogen) atoms. The molecule has 0 aromatic heterocycles. The summed E-state index contributed by atoms with van der Waals surface area (Å²) in [6, 6.07) is -0.651. The van der Waals surface area contributed by atoms with Gasteiger partial charge in [0.05, 0.1) is 19.1 Å². The Balaban J connectivity index is 2.62. The van der Waals surface area contributed by atoms with Gasteiger partial charge < -0.3 is 21.1 Å². The number of carbonyl (C=O) groups excluding carboxylic acids is 2. The number of rotatable bonds is 7. The largest absolute Gasteiger partial charge is 0.383 e. The van der Waals surface area contributed by atoms with Crippen molar-refractivity contribution in [3.63, 3.8) is 0 Å². The molecule has 0 aliphatic carbocycles. The second-order valence-corrected chi connectivity index (χ2v) is 5.47. The third-order valence-corrected chi connectivity index (χ3v) is 4.05. The summed E-state index contributed by atoms with van der Waals surface area (Å²) in [5.74, 6) is 1.20. The summed E-state index contributed by atoms with van der Waals surface area (Å²) in [7, 11) is 1.59. The Labute approximate surface area is 111 Å². The number of nitrogens with zero attached hydrogens (tertiary/aromatic N) is 1. The zero-order valence-corrected chi connectivity index (χ0v) is 11.4. The number of ether oxygens (including phenoxy) is 1. The van der Waals surface area contributed by atoms with Crippen LogP contribution in [0.3, 0.4) is 0 Å². The van der Waals surface area contributed by atoms with Crippen molar-refractivity contribution < 1.29 is 14.3 Å². The predicted molar refractivity (Wildman–Crippen MR) is 71.1 cm³/mol. The minimum absolute atomic E-state index is 0.109. The van der Waals surface area contributed by atoms with Gasteiger partial charge in [0, 0.05) is 25.4 Å². The van der Waals surface area contributed by atoms with Crippen molar-refractivity contribution in [2.75, 3.05) is 31.8 Å². The lowest BCUT2D eigenvalue weighted by Crippen LogP contribution is -2.51. The summed E-state index contributed by atoms with van der Waals surface area (Å²) < 4.78 is 5.01. The normalized spacial score (nSPS) is 20.7. The van der Waals surface area contributed by atoms with Gasteiger partial charge in [-0.25, -0.2) is 0 Å². The lowest BCUT2D eigenvalue weighted by atomic mass is 10.1. The van der Waals surface area contributed by atoms with E-state index in [9.17, 15) is 9.59 Å². The number of thioether (sulfide) groups is 1. The molecule has 2 unspecified atom stereocenters. The number of amides is 2. The van der Waals surface area contributed by atoms with E-state index in [1.54, 1.807) is 12.0 Å². The first-order chi connectivity index (χ1) is 8.56. The van der Waals surface area contributed by atoms with Crippen LogP contribution in [0.5, 0.6) is 0 Å². The Hall–Kier alpha value is -0.790. The van der Waals surface area contributed by atoms with Crippen LogP contribution in [0.2, 0.25) is 0 Å². The van der Waals surface area contributed by atoms with Gasteiger partial charge in [-0.05, 0) is 12.2 Å². The lowest BCUT2D eigenvalue weighted by molar-refractivity contribution is -0.137. The van der Waals surface area contributed by atoms with Crippen molar-refractivity contribution in [1.82, 2.24) is 4.90 Å². The van der Waals surface area contributed by atoms with Gasteiger partial charge in [0.2, 0.25) is 11.8 Å². The molecule has 4 N–H and O–H groups in total. The molecule has 0 aromatic carbocycles. The third-order valence-electron chi connectivity index (χ3n) is 2.90. The molecule has 1 aliphatic heterocycles. The lowest BCUT2D eigenvalue weighted by Gasteiger charge is -2.30. The first-order valence-electron chi connectivity index (χ1n) is 5.97. The standard InChI is InChI=1S/C11H21N3O3S/c1-17-4-3-14(8-2-5-18-7-8)11(16)9(12)6-10(13)15/h8-9H,2-7,12H2,1H3,(H2,13,15). The Morgan fingerprint density at radius 1 is 1.56 bits per heavy atom. The Kier molecular flexibility index (Phi) is 6.45. The maximum absolute atomic E-state index is 12.2. The second kappa shape index (κ2) is 7.60. The number of nitrogens with two attached hydrogens (primary N) is 2. The summed E-state index contributed by atoms with van der Waals surface area (Å²) in [5.41, 5.74) is 10.8. The van der Waals surface area contributed by atoms with E-state index in [1.807, 2.05) is 11.8 Å². The van der Waals surface area contributed by atoms with Gasteiger partial charge >= 0.3 is 0 Å². The molecule has 0 aromatic rings. The number of primary amides is 1. The van der Waals surface area contributed by atoms with Crippen LogP contribution in [0, 0.1) is 0 Å². The number of hydrogen-bond acceptors (Lipinski definition) is 5. The molecule has 104 valence electrons. The summed E-state index contributed by atoms with van der Waals surface area (Å²) in [6.45, 7) is 0.975. The number of methoxy groups -OCH3 is 1. The monoisotopic (exact) mass is 275 g/mol. The molecule has 1 rings (SSSR count). The summed E-state index contributed by atoms with van der Waals surface area (Å²) in [5, 5.41) is 0. The molecule has 1 aliphatic rings. The second-order valence-electron chi connectivity index (χ2n) is 4.32. The molecule has 1 saturated heterocycles. The fraction of sp³-hybridized carbons (Fsp3) is 0.818. The van der Waals surface area contributed by atoms with E-state index in [-0.39, 0.29) is 18.4 Å². The van der Waals surface area contributed by atoms with Crippen LogP contribution in [0.1, 0.15) is 12.8 Å². The Bertz CT molecular complexity index is 295. The van der Waals surface area contributed by atoms with Gasteiger partial charge in [-0.1, -0.05) is 0 Å². The molecule has 0 bridgehead atoms. The minimum atomic E-state index is -0.843. The maximum Gasteiger partial charge on any atom is 0.240 e. The van der Waals surface area contributed by atoms with Crippen molar-refractivity contribution >= 4 is 23.6 Å². The Morgan fingerprint density at radius 2 is 2.28 bits per heavy atom. The van der Waals surface area contributed by atoms with E-state index in [1.165, 1.54) is 0 Å². The van der Waals surface area contributed by atoms with E-state index >= 15 is 0 Å². The topological polar surface area (TPSA) is 98.7 Å². The molecule has 0 saturated carbocycles. The van der Waals surface area contributed by atoms with Gasteiger partial charge in [-0.15, -0.1) is 0 Å². The van der Waals surface area contributed by atoms with Crippen LogP contribution < -0.4 is 11.5 Å². The average molecular weight is 275 g/mol. The van der Waals surface area contributed by atoms with E-state index < -0.39 is 11.9 Å². The highest BCUT2D eigenvalue weighted by molar-refractivity contribution is 7.99. The summed E-state index contributed by atoms with van der Waals surface area (Å²) in [4.78, 5) is 24.7. The molecule has 6 nitrogen and oxygen atoms in total. The van der Waals surface area contributed by atoms with Crippen LogP contribution >= 0.6 is 11.8 Å². The molecule has 1 fully saturated rings. The smallest absolute Gasteiger partial charge is 0.240 e. The van der Waals surface area contributed by atoms with Crippen LogP contribution in [0.4, 0.5) is 0 Å². The van der Waals surface area contributed by atoms with Crippen molar-refractivity contribution in [3.8, 4) is 0 Å². The third kappa shape index (κ3) is 4.47. The zero-order valence-electron chi connectivity index (χ0n) is 10.6. The molecule has 0 radical (unpaired) electrons. The highest BCUT2D eigenvalue weighted by Crippen LogP contribution is 2.22. The van der Waals surface area contributed by atoms with Gasteiger partial charge in [0.25, 0.3) is 0 Å². The van der Waals surface area contributed by atoms with Crippen molar-refractivity contribution in [2.24, 2.45) is 11.5 Å². The fourth-order valence-electron chi connectivity index (χ4n) is 1.95. The van der Waals surface area contributed by atoms with Crippen LogP contribution in [0.15, 0.2) is 0 Å². The first-order valence-corrected chi connectivity index (χ1v) is 7.12. The van der Waals surface area contributed by atoms with Crippen LogP contribution in [-0.2, 0) is 14.3 Å². The van der Waals surface area contributed by atoms with Crippen molar-refractivity contribution in [3.05, 3.63) is 0 Å². The van der Waals surface area contributed by atoms with Gasteiger partial charge in [0.15, 0.2) is 0 Å². The molecular formula is C11H21N3O3S. The highest BCUT2D eigenvalue weighted by atomic mass is 32.2. The fourth-order valence-corrected chi connectivity index (χ4v) is 3.17. The van der Waals surface area contributed by atoms with E-state index in [0.717, 1.165) is 17.9 Å². The van der Waals surface area contributed by atoms with E-state index in [0.29, 0.717) is 13.2 Å². The Morgan fingerprint density at radius 3 is 2.78 bits per heavy atom. The van der Waals surface area contributed by atoms with Crippen LogP contribution in [-0.4, -0.2) is 60.6 Å². The van der Waals surface area contributed by atoms with Gasteiger partial charge in [-0.3, -0.25) is 9.59 Å². The maximum atomic E-state index is 12.2. The molecular weight excluding hydrogens is 254 g/mol. The first kappa shape index (κ1) is 15.3. The van der Waals surface area contributed by atoms with Crippen LogP contribution in [0.25, 0.3) is 0 Å². The SMILES string of the molecule is COCCN(C(=O)C(N)CC(N)=O)C1CCSC1. The predicted octanol–water partition coefficient (Wildman–Crippen LogP) is -0.830. The summed E-state index contributed by atoms with van der Waals surface area (Å²) >= 11 is 1.82.